The lowest BCUT2D eigenvalue weighted by molar-refractivity contribution is -0.160. The number of hydrogen-bond acceptors (Lipinski definition) is 6. The third-order valence-corrected chi connectivity index (χ3v) is 5.45. The Morgan fingerprint density at radius 2 is 1.92 bits per heavy atom. The van der Waals surface area contributed by atoms with Crippen molar-refractivity contribution in [2.75, 3.05) is 50.9 Å². The first-order valence-electron chi connectivity index (χ1n) is 9.28. The number of rotatable bonds is 2. The molecule has 1 atom stereocenters. The van der Waals surface area contributed by atoms with Gasteiger partial charge in [-0.2, -0.15) is 0 Å². The molecular formula is C18H26N4O3. The van der Waals surface area contributed by atoms with Crippen LogP contribution in [0.15, 0.2) is 18.5 Å². The van der Waals surface area contributed by atoms with Crippen LogP contribution in [0.3, 0.4) is 0 Å². The zero-order chi connectivity index (χ0) is 17.1. The van der Waals surface area contributed by atoms with Crippen LogP contribution in [0.2, 0.25) is 0 Å². The molecule has 1 aliphatic carbocycles. The Balaban J connectivity index is 1.49. The predicted molar refractivity (Wildman–Crippen MR) is 92.3 cm³/mol. The lowest BCUT2D eigenvalue weighted by atomic mass is 9.99. The second kappa shape index (κ2) is 7.25. The average molecular weight is 346 g/mol. The number of carbonyl (C=O) groups is 1. The molecule has 2 saturated heterocycles. The van der Waals surface area contributed by atoms with E-state index in [4.69, 9.17) is 9.47 Å². The molecule has 1 aromatic rings. The van der Waals surface area contributed by atoms with Crippen molar-refractivity contribution in [2.45, 2.75) is 31.3 Å². The highest BCUT2D eigenvalue weighted by atomic mass is 16.5. The van der Waals surface area contributed by atoms with E-state index in [0.717, 1.165) is 19.4 Å². The summed E-state index contributed by atoms with van der Waals surface area (Å²) in [5.74, 6) is 1.19. The highest BCUT2D eigenvalue weighted by Crippen LogP contribution is 2.30. The van der Waals surface area contributed by atoms with Crippen LogP contribution < -0.4 is 4.90 Å². The standard InChI is InChI=1S/C18H26N4O3/c23-16(15-4-1-2-5-15)21-9-11-25-18(12-21)13-22(8-10-24-14-18)17-19-6-3-7-20-17/h3,6-7,15H,1-2,4-5,8-14H2/t18-/m1/s1. The molecule has 1 aromatic heterocycles. The van der Waals surface area contributed by atoms with E-state index in [9.17, 15) is 4.79 Å². The Hall–Kier alpha value is -1.73. The maximum absolute atomic E-state index is 12.9. The third kappa shape index (κ3) is 3.62. The lowest BCUT2D eigenvalue weighted by Gasteiger charge is -2.43. The summed E-state index contributed by atoms with van der Waals surface area (Å²) in [7, 11) is 0. The van der Waals surface area contributed by atoms with Gasteiger partial charge in [-0.15, -0.1) is 0 Å². The van der Waals surface area contributed by atoms with Crippen molar-refractivity contribution in [3.63, 3.8) is 0 Å². The Kier molecular flexibility index (Phi) is 4.85. The van der Waals surface area contributed by atoms with Gasteiger partial charge >= 0.3 is 0 Å². The van der Waals surface area contributed by atoms with E-state index in [-0.39, 0.29) is 5.92 Å². The van der Waals surface area contributed by atoms with Crippen LogP contribution in [0, 0.1) is 5.92 Å². The van der Waals surface area contributed by atoms with Crippen LogP contribution in [0.5, 0.6) is 0 Å². The highest BCUT2D eigenvalue weighted by molar-refractivity contribution is 5.79. The van der Waals surface area contributed by atoms with Gasteiger partial charge in [0.1, 0.15) is 5.60 Å². The van der Waals surface area contributed by atoms with Gasteiger partial charge in [0.15, 0.2) is 0 Å². The molecule has 0 radical (unpaired) electrons. The van der Waals surface area contributed by atoms with Gasteiger partial charge in [0, 0.05) is 31.4 Å². The number of aromatic nitrogens is 2. The average Bonchev–Trinajstić information content (AvgIpc) is 3.12. The van der Waals surface area contributed by atoms with Gasteiger partial charge in [-0.25, -0.2) is 9.97 Å². The molecule has 136 valence electrons. The smallest absolute Gasteiger partial charge is 0.225 e. The zero-order valence-electron chi connectivity index (χ0n) is 14.6. The van der Waals surface area contributed by atoms with Gasteiger partial charge in [-0.05, 0) is 18.9 Å². The molecule has 7 nitrogen and oxygen atoms in total. The molecule has 3 fully saturated rings. The third-order valence-electron chi connectivity index (χ3n) is 5.45. The maximum atomic E-state index is 12.9. The minimum Gasteiger partial charge on any atom is -0.376 e. The van der Waals surface area contributed by atoms with Crippen LogP contribution >= 0.6 is 0 Å². The van der Waals surface area contributed by atoms with E-state index >= 15 is 0 Å². The second-order valence-electron chi connectivity index (χ2n) is 7.30. The van der Waals surface area contributed by atoms with E-state index in [1.807, 2.05) is 11.0 Å². The van der Waals surface area contributed by atoms with Crippen molar-refractivity contribution >= 4 is 11.9 Å². The molecule has 7 heteroatoms. The van der Waals surface area contributed by atoms with Crippen molar-refractivity contribution < 1.29 is 14.3 Å². The predicted octanol–water partition coefficient (Wildman–Crippen LogP) is 1.10. The number of anilines is 1. The summed E-state index contributed by atoms with van der Waals surface area (Å²) in [5, 5.41) is 0. The van der Waals surface area contributed by atoms with Crippen LogP contribution in [0.25, 0.3) is 0 Å². The zero-order valence-corrected chi connectivity index (χ0v) is 14.6. The van der Waals surface area contributed by atoms with E-state index < -0.39 is 5.60 Å². The fourth-order valence-electron chi connectivity index (χ4n) is 4.18. The van der Waals surface area contributed by atoms with Crippen LogP contribution in [0.4, 0.5) is 5.95 Å². The number of carbonyl (C=O) groups excluding carboxylic acids is 1. The quantitative estimate of drug-likeness (QED) is 0.799. The number of morpholine rings is 1. The highest BCUT2D eigenvalue weighted by Gasteiger charge is 2.43. The van der Waals surface area contributed by atoms with Crippen molar-refractivity contribution in [1.29, 1.82) is 0 Å². The number of ether oxygens (including phenoxy) is 2. The topological polar surface area (TPSA) is 67.8 Å². The summed E-state index contributed by atoms with van der Waals surface area (Å²) in [4.78, 5) is 25.7. The van der Waals surface area contributed by atoms with Gasteiger partial charge < -0.3 is 19.3 Å². The maximum Gasteiger partial charge on any atom is 0.225 e. The summed E-state index contributed by atoms with van der Waals surface area (Å²) in [6, 6.07) is 1.81. The molecule has 1 amide bonds. The Morgan fingerprint density at radius 3 is 2.72 bits per heavy atom. The molecule has 3 aliphatic rings. The van der Waals surface area contributed by atoms with Crippen molar-refractivity contribution in [2.24, 2.45) is 5.92 Å². The van der Waals surface area contributed by atoms with E-state index in [1.165, 1.54) is 12.8 Å². The van der Waals surface area contributed by atoms with E-state index in [2.05, 4.69) is 14.9 Å². The van der Waals surface area contributed by atoms with Gasteiger partial charge in [-0.3, -0.25) is 4.79 Å². The normalized spacial score (nSPS) is 28.3. The first kappa shape index (κ1) is 16.7. The monoisotopic (exact) mass is 346 g/mol. The number of hydrogen-bond donors (Lipinski definition) is 0. The van der Waals surface area contributed by atoms with Crippen LogP contribution in [-0.2, 0) is 14.3 Å². The first-order chi connectivity index (χ1) is 12.3. The molecule has 0 N–H and O–H groups in total. The molecule has 25 heavy (non-hydrogen) atoms. The summed E-state index contributed by atoms with van der Waals surface area (Å²) in [6.07, 6.45) is 7.91. The largest absolute Gasteiger partial charge is 0.376 e. The summed E-state index contributed by atoms with van der Waals surface area (Å²) >= 11 is 0. The fourth-order valence-corrected chi connectivity index (χ4v) is 4.18. The first-order valence-corrected chi connectivity index (χ1v) is 9.28. The minimum absolute atomic E-state index is 0.204. The molecule has 4 rings (SSSR count). The molecule has 2 aliphatic heterocycles. The SMILES string of the molecule is O=C(C1CCCC1)N1CCO[C@]2(COCCN(c3ncccn3)C2)C1. The van der Waals surface area contributed by atoms with Crippen molar-refractivity contribution in [3.05, 3.63) is 18.5 Å². The Morgan fingerprint density at radius 1 is 1.12 bits per heavy atom. The minimum atomic E-state index is -0.498. The fraction of sp³-hybridized carbons (Fsp3) is 0.722. The molecule has 0 aromatic carbocycles. The molecule has 1 saturated carbocycles. The summed E-state index contributed by atoms with van der Waals surface area (Å²) in [5.41, 5.74) is -0.498. The number of nitrogens with zero attached hydrogens (tertiary/aromatic N) is 4. The molecular weight excluding hydrogens is 320 g/mol. The van der Waals surface area contributed by atoms with Gasteiger partial charge in [0.2, 0.25) is 11.9 Å². The number of amides is 1. The van der Waals surface area contributed by atoms with Crippen LogP contribution in [0.1, 0.15) is 25.7 Å². The van der Waals surface area contributed by atoms with Crippen molar-refractivity contribution in [1.82, 2.24) is 14.9 Å². The molecule has 1 spiro atoms. The van der Waals surface area contributed by atoms with Gasteiger partial charge in [0.25, 0.3) is 0 Å². The summed E-state index contributed by atoms with van der Waals surface area (Å²) < 4.78 is 12.0. The van der Waals surface area contributed by atoms with E-state index in [1.54, 1.807) is 12.4 Å². The van der Waals surface area contributed by atoms with Gasteiger partial charge in [0.05, 0.1) is 32.9 Å². The molecule has 3 heterocycles. The van der Waals surface area contributed by atoms with Crippen molar-refractivity contribution in [3.8, 4) is 0 Å². The lowest BCUT2D eigenvalue weighted by Crippen LogP contribution is -2.60. The van der Waals surface area contributed by atoms with Gasteiger partial charge in [-0.1, -0.05) is 12.8 Å². The molecule has 0 unspecified atom stereocenters. The Bertz CT molecular complexity index is 593. The van der Waals surface area contributed by atoms with E-state index in [0.29, 0.717) is 51.3 Å². The Labute approximate surface area is 148 Å². The summed E-state index contributed by atoms with van der Waals surface area (Å²) in [6.45, 7) is 4.32. The second-order valence-corrected chi connectivity index (χ2v) is 7.30. The molecule has 0 bridgehead atoms. The van der Waals surface area contributed by atoms with Crippen LogP contribution in [-0.4, -0.2) is 72.4 Å².